The quantitative estimate of drug-likeness (QED) is 0.103. The van der Waals surface area contributed by atoms with E-state index >= 15 is 0 Å². The van der Waals surface area contributed by atoms with E-state index in [4.69, 9.17) is 30.1 Å². The third-order valence-corrected chi connectivity index (χ3v) is 5.54. The highest BCUT2D eigenvalue weighted by molar-refractivity contribution is 8.00. The van der Waals surface area contributed by atoms with Gasteiger partial charge in [-0.1, -0.05) is 83.0 Å². The Kier molecular flexibility index (Phi) is 15.0. The van der Waals surface area contributed by atoms with Gasteiger partial charge < -0.3 is 18.5 Å². The van der Waals surface area contributed by atoms with E-state index in [1.54, 1.807) is 0 Å². The maximum Gasteiger partial charge on any atom is 0.331 e. The number of rotatable bonds is 14. The summed E-state index contributed by atoms with van der Waals surface area (Å²) in [5.41, 5.74) is -0.335. The van der Waals surface area contributed by atoms with E-state index in [1.807, 2.05) is 54.7 Å². The Labute approximate surface area is 191 Å². The van der Waals surface area contributed by atoms with Crippen molar-refractivity contribution >= 4 is 44.5 Å². The number of carbonyl (C=O) groups is 1. The lowest BCUT2D eigenvalue weighted by molar-refractivity contribution is -0.141. The minimum atomic E-state index is -0.335. The molecule has 0 spiro atoms. The van der Waals surface area contributed by atoms with E-state index in [0.29, 0.717) is 19.4 Å². The molecule has 0 bridgehead atoms. The number of halogens is 1. The lowest BCUT2D eigenvalue weighted by Gasteiger charge is -2.33. The molecule has 0 N–H and O–H groups in total. The molecular formula is C21H32ClO5P3. The first-order chi connectivity index (χ1) is 14.4. The fraction of sp³-hybridized carbons (Fsp3) is 0.476. The SMILES string of the molecule is CC(C)(/C=C/[C@H]1CC=CC(=O)O1)C(C[C@H](\C=C/C=C\C=C\COP)OPP)OCCl. The Morgan fingerprint density at radius 2 is 2.13 bits per heavy atom. The highest BCUT2D eigenvalue weighted by atomic mass is 35.5. The minimum absolute atomic E-state index is 0.0885. The van der Waals surface area contributed by atoms with Gasteiger partial charge in [-0.15, -0.1) is 0 Å². The number of cyclic esters (lactones) is 1. The molecule has 5 nitrogen and oxygen atoms in total. The number of hydrogen-bond donors (Lipinski definition) is 0. The molecule has 1 aliphatic rings. The smallest absolute Gasteiger partial charge is 0.331 e. The van der Waals surface area contributed by atoms with Crippen LogP contribution in [0.5, 0.6) is 0 Å². The van der Waals surface area contributed by atoms with E-state index in [-0.39, 0.29) is 44.3 Å². The van der Waals surface area contributed by atoms with Gasteiger partial charge in [-0.3, -0.25) is 0 Å². The van der Waals surface area contributed by atoms with E-state index < -0.39 is 0 Å². The second kappa shape index (κ2) is 16.3. The number of allylic oxidation sites excluding steroid dienone is 4. The van der Waals surface area contributed by atoms with Crippen LogP contribution in [0.4, 0.5) is 0 Å². The Balaban J connectivity index is 2.77. The third kappa shape index (κ3) is 11.9. The number of carbonyl (C=O) groups excluding carboxylic acids is 1. The second-order valence-electron chi connectivity index (χ2n) is 7.10. The molecule has 0 aromatic carbocycles. The van der Waals surface area contributed by atoms with Crippen LogP contribution in [0.3, 0.4) is 0 Å². The Hall–Kier alpha value is -0.370. The molecule has 0 aromatic heterocycles. The molecule has 0 saturated heterocycles. The van der Waals surface area contributed by atoms with Crippen LogP contribution in [-0.2, 0) is 23.3 Å². The molecule has 0 fully saturated rings. The summed E-state index contributed by atoms with van der Waals surface area (Å²) >= 11 is 5.90. The topological polar surface area (TPSA) is 54.0 Å². The summed E-state index contributed by atoms with van der Waals surface area (Å²) < 4.78 is 21.9. The lowest BCUT2D eigenvalue weighted by Crippen LogP contribution is -2.34. The van der Waals surface area contributed by atoms with Crippen LogP contribution in [0, 0.1) is 5.41 Å². The molecule has 0 saturated carbocycles. The van der Waals surface area contributed by atoms with E-state index in [2.05, 4.69) is 32.2 Å². The van der Waals surface area contributed by atoms with Gasteiger partial charge >= 0.3 is 5.97 Å². The second-order valence-corrected chi connectivity index (χ2v) is 8.83. The highest BCUT2D eigenvalue weighted by Gasteiger charge is 2.30. The monoisotopic (exact) mass is 492 g/mol. The van der Waals surface area contributed by atoms with Crippen LogP contribution in [0.25, 0.3) is 0 Å². The summed E-state index contributed by atoms with van der Waals surface area (Å²) in [7, 11) is 5.09. The van der Waals surface area contributed by atoms with Gasteiger partial charge in [0.05, 0.1) is 18.8 Å². The van der Waals surface area contributed by atoms with Crippen LogP contribution in [-0.4, -0.2) is 37.0 Å². The Bertz CT molecular complexity index is 647. The molecule has 0 radical (unpaired) electrons. The van der Waals surface area contributed by atoms with E-state index in [1.165, 1.54) is 6.08 Å². The molecular weight excluding hydrogens is 461 g/mol. The molecule has 0 aliphatic carbocycles. The van der Waals surface area contributed by atoms with Crippen LogP contribution < -0.4 is 0 Å². The molecule has 30 heavy (non-hydrogen) atoms. The fourth-order valence-corrected chi connectivity index (χ4v) is 3.89. The molecule has 168 valence electrons. The van der Waals surface area contributed by atoms with Gasteiger partial charge in [0.2, 0.25) is 0 Å². The van der Waals surface area contributed by atoms with Crippen molar-refractivity contribution in [3.63, 3.8) is 0 Å². The summed E-state index contributed by atoms with van der Waals surface area (Å²) in [5, 5.41) is 0. The summed E-state index contributed by atoms with van der Waals surface area (Å²) in [6.45, 7) is 4.70. The Morgan fingerprint density at radius 1 is 1.37 bits per heavy atom. The van der Waals surface area contributed by atoms with Gasteiger partial charge in [-0.25, -0.2) is 4.79 Å². The zero-order valence-corrected chi connectivity index (χ0v) is 21.5. The normalized spacial score (nSPS) is 20.4. The summed E-state index contributed by atoms with van der Waals surface area (Å²) in [4.78, 5) is 11.4. The van der Waals surface area contributed by atoms with Crippen molar-refractivity contribution in [3.8, 4) is 0 Å². The summed E-state index contributed by atoms with van der Waals surface area (Å²) in [6, 6.07) is 0.0885. The van der Waals surface area contributed by atoms with Gasteiger partial charge in [0.1, 0.15) is 12.2 Å². The predicted molar refractivity (Wildman–Crippen MR) is 133 cm³/mol. The molecule has 6 atom stereocenters. The largest absolute Gasteiger partial charge is 0.455 e. The van der Waals surface area contributed by atoms with Crippen molar-refractivity contribution in [1.82, 2.24) is 0 Å². The minimum Gasteiger partial charge on any atom is -0.455 e. The standard InChI is InChI=1S/C21H32ClO5P3/c1-21(2,13-12-17-10-8-11-20(23)26-17)19(24-16-22)15-18(27-30-29)9-6-4-3-5-7-14-25-28/h3-9,11-13,17-19,30H,10,14-16,28-29H2,1-2H3/b4-3-,7-5+,9-6-,13-12+/t17-,18+,19?/m1/s1. The fourth-order valence-electron chi connectivity index (χ4n) is 2.75. The van der Waals surface area contributed by atoms with E-state index in [9.17, 15) is 4.79 Å². The van der Waals surface area contributed by atoms with Crippen molar-refractivity contribution < 1.29 is 23.3 Å². The molecule has 1 heterocycles. The maximum atomic E-state index is 11.4. The number of hydrogen-bond acceptors (Lipinski definition) is 5. The average Bonchev–Trinajstić information content (AvgIpc) is 2.71. The Morgan fingerprint density at radius 3 is 2.80 bits per heavy atom. The first-order valence-corrected chi connectivity index (χ1v) is 13.3. The van der Waals surface area contributed by atoms with Crippen molar-refractivity contribution in [2.75, 3.05) is 12.7 Å². The third-order valence-electron chi connectivity index (χ3n) is 4.38. The molecule has 4 unspecified atom stereocenters. The molecule has 9 heteroatoms. The van der Waals surface area contributed by atoms with Crippen molar-refractivity contribution in [2.24, 2.45) is 5.41 Å². The first kappa shape index (κ1) is 27.7. The first-order valence-electron chi connectivity index (χ1n) is 9.60. The molecule has 0 aromatic rings. The molecule has 1 rings (SSSR count). The van der Waals surface area contributed by atoms with Gasteiger partial charge in [-0.05, 0) is 6.08 Å². The maximum absolute atomic E-state index is 11.4. The van der Waals surface area contributed by atoms with Crippen LogP contribution >= 0.6 is 38.5 Å². The van der Waals surface area contributed by atoms with Gasteiger partial charge in [0, 0.05) is 42.3 Å². The number of esters is 1. The van der Waals surface area contributed by atoms with Gasteiger partial charge in [0.15, 0.2) is 0 Å². The van der Waals surface area contributed by atoms with Crippen LogP contribution in [0.15, 0.2) is 60.8 Å². The van der Waals surface area contributed by atoms with Gasteiger partial charge in [-0.2, -0.15) is 0 Å². The molecule has 1 aliphatic heterocycles. The predicted octanol–water partition coefficient (Wildman–Crippen LogP) is 5.66. The van der Waals surface area contributed by atoms with Crippen LogP contribution in [0.2, 0.25) is 0 Å². The van der Waals surface area contributed by atoms with Gasteiger partial charge in [0.25, 0.3) is 0 Å². The van der Waals surface area contributed by atoms with E-state index in [0.717, 1.165) is 0 Å². The molecule has 0 amide bonds. The zero-order valence-electron chi connectivity index (χ0n) is 17.4. The zero-order chi connectivity index (χ0) is 22.2. The number of alkyl halides is 1. The average molecular weight is 493 g/mol. The van der Waals surface area contributed by atoms with Crippen LogP contribution in [0.1, 0.15) is 26.7 Å². The highest BCUT2D eigenvalue weighted by Crippen LogP contribution is 2.33. The lowest BCUT2D eigenvalue weighted by atomic mass is 9.82. The number of ether oxygens (including phenoxy) is 2. The summed E-state index contributed by atoms with van der Waals surface area (Å²) in [6.07, 6.45) is 19.6. The van der Waals surface area contributed by atoms with Crippen molar-refractivity contribution in [2.45, 2.75) is 45.0 Å². The summed E-state index contributed by atoms with van der Waals surface area (Å²) in [5.74, 6) is -0.314. The van der Waals surface area contributed by atoms with Crippen molar-refractivity contribution in [1.29, 1.82) is 0 Å². The van der Waals surface area contributed by atoms with Crippen molar-refractivity contribution in [3.05, 3.63) is 60.8 Å².